The van der Waals surface area contributed by atoms with Crippen LogP contribution in [0.1, 0.15) is 5.56 Å². The van der Waals surface area contributed by atoms with Crippen LogP contribution < -0.4 is 25.6 Å². The van der Waals surface area contributed by atoms with E-state index in [1.165, 1.54) is 0 Å². The highest BCUT2D eigenvalue weighted by Gasteiger charge is 2.17. The molecule has 2 aromatic rings. The van der Waals surface area contributed by atoms with Gasteiger partial charge in [0, 0.05) is 31.4 Å². The molecule has 3 rings (SSSR count). The molecular weight excluding hydrogens is 452 g/mol. The molecule has 0 aliphatic carbocycles. The van der Waals surface area contributed by atoms with Crippen molar-refractivity contribution in [1.82, 2.24) is 15.3 Å². The Labute approximate surface area is 193 Å². The number of ether oxygens (including phenoxy) is 2. The van der Waals surface area contributed by atoms with Gasteiger partial charge in [-0.1, -0.05) is 12.1 Å². The SMILES string of the molecule is CNCCOc1cc(NC(=O)Nc2cccc(C)c2)nc(N2CCOCC2)n1.CS(=O)(=O)O. The average Bonchev–Trinajstić information content (AvgIpc) is 2.73. The van der Waals surface area contributed by atoms with Crippen LogP contribution in [0.5, 0.6) is 5.88 Å². The summed E-state index contributed by atoms with van der Waals surface area (Å²) in [5.41, 5.74) is 1.78. The molecule has 4 N–H and O–H groups in total. The minimum absolute atomic E-state index is 0.376. The summed E-state index contributed by atoms with van der Waals surface area (Å²) < 4.78 is 36.9. The van der Waals surface area contributed by atoms with Crippen LogP contribution in [0, 0.1) is 6.92 Å². The molecule has 182 valence electrons. The Kier molecular flexibility index (Phi) is 10.3. The van der Waals surface area contributed by atoms with Gasteiger partial charge in [0.2, 0.25) is 11.8 Å². The Bertz CT molecular complexity index is 1010. The Morgan fingerprint density at radius 1 is 1.21 bits per heavy atom. The zero-order chi connectivity index (χ0) is 24.3. The Hall–Kier alpha value is -3.00. The fourth-order valence-electron chi connectivity index (χ4n) is 2.71. The first-order valence-corrected chi connectivity index (χ1v) is 12.0. The Balaban J connectivity index is 0.000000696. The van der Waals surface area contributed by atoms with E-state index in [1.807, 2.05) is 43.1 Å². The first-order valence-electron chi connectivity index (χ1n) is 10.2. The normalized spacial score (nSPS) is 13.5. The van der Waals surface area contributed by atoms with E-state index in [-0.39, 0.29) is 6.03 Å². The smallest absolute Gasteiger partial charge is 0.324 e. The lowest BCUT2D eigenvalue weighted by Crippen LogP contribution is -2.37. The molecule has 0 bridgehead atoms. The minimum atomic E-state index is -3.67. The van der Waals surface area contributed by atoms with E-state index in [0.717, 1.165) is 5.56 Å². The molecule has 0 radical (unpaired) electrons. The number of nitrogens with zero attached hydrogens (tertiary/aromatic N) is 3. The highest BCUT2D eigenvalue weighted by atomic mass is 32.2. The van der Waals surface area contributed by atoms with Crippen LogP contribution in [0.3, 0.4) is 0 Å². The number of carbonyl (C=O) groups is 1. The van der Waals surface area contributed by atoms with Gasteiger partial charge in [-0.15, -0.1) is 0 Å². The number of urea groups is 1. The average molecular weight is 483 g/mol. The zero-order valence-electron chi connectivity index (χ0n) is 18.9. The van der Waals surface area contributed by atoms with E-state index < -0.39 is 10.1 Å². The van der Waals surface area contributed by atoms with Gasteiger partial charge in [-0.2, -0.15) is 18.4 Å². The maximum Gasteiger partial charge on any atom is 0.324 e. The van der Waals surface area contributed by atoms with Crippen molar-refractivity contribution >= 4 is 33.6 Å². The molecular formula is C20H30N6O6S. The summed E-state index contributed by atoms with van der Waals surface area (Å²) in [5.74, 6) is 1.30. The van der Waals surface area contributed by atoms with Gasteiger partial charge in [0.1, 0.15) is 12.4 Å². The summed E-state index contributed by atoms with van der Waals surface area (Å²) in [6, 6.07) is 8.83. The molecule has 1 saturated heterocycles. The molecule has 2 amide bonds. The van der Waals surface area contributed by atoms with Gasteiger partial charge in [-0.3, -0.25) is 9.87 Å². The molecule has 1 aromatic carbocycles. The molecule has 1 aromatic heterocycles. The number of hydrogen-bond donors (Lipinski definition) is 4. The van der Waals surface area contributed by atoms with Gasteiger partial charge >= 0.3 is 6.03 Å². The number of rotatable bonds is 7. The van der Waals surface area contributed by atoms with Crippen molar-refractivity contribution in [2.24, 2.45) is 0 Å². The number of nitrogens with one attached hydrogen (secondary N) is 3. The zero-order valence-corrected chi connectivity index (χ0v) is 19.7. The van der Waals surface area contributed by atoms with E-state index in [9.17, 15) is 13.2 Å². The molecule has 2 heterocycles. The van der Waals surface area contributed by atoms with Gasteiger partial charge < -0.3 is 25.0 Å². The van der Waals surface area contributed by atoms with Crippen LogP contribution >= 0.6 is 0 Å². The lowest BCUT2D eigenvalue weighted by Gasteiger charge is -2.27. The molecule has 1 aliphatic heterocycles. The molecule has 0 spiro atoms. The van der Waals surface area contributed by atoms with Crippen molar-refractivity contribution in [3.63, 3.8) is 0 Å². The summed E-state index contributed by atoms with van der Waals surface area (Å²) in [6.07, 6.45) is 0.715. The van der Waals surface area contributed by atoms with E-state index in [1.54, 1.807) is 6.07 Å². The van der Waals surface area contributed by atoms with Gasteiger partial charge in [0.05, 0.1) is 19.5 Å². The lowest BCUT2D eigenvalue weighted by atomic mass is 10.2. The number of amides is 2. The number of carbonyl (C=O) groups excluding carboxylic acids is 1. The van der Waals surface area contributed by atoms with E-state index in [0.29, 0.717) is 69.0 Å². The van der Waals surface area contributed by atoms with Crippen molar-refractivity contribution < 1.29 is 27.2 Å². The second-order valence-corrected chi connectivity index (χ2v) is 8.59. The molecule has 33 heavy (non-hydrogen) atoms. The van der Waals surface area contributed by atoms with E-state index >= 15 is 0 Å². The molecule has 0 unspecified atom stereocenters. The standard InChI is InChI=1S/C19H26N6O3.CH4O3S/c1-14-4-3-5-15(12-14)21-19(26)23-16-13-17(28-9-6-20-2)24-18(22-16)25-7-10-27-11-8-25;1-5(2,3)4/h3-5,12-13,20H,6-11H2,1-2H3,(H2,21,22,23,24,26);1H3,(H,2,3,4). The summed E-state index contributed by atoms with van der Waals surface area (Å²) in [7, 11) is -1.81. The van der Waals surface area contributed by atoms with Crippen molar-refractivity contribution in [2.45, 2.75) is 6.92 Å². The highest BCUT2D eigenvalue weighted by molar-refractivity contribution is 7.85. The van der Waals surface area contributed by atoms with Crippen LogP contribution in [0.4, 0.5) is 22.2 Å². The minimum Gasteiger partial charge on any atom is -0.476 e. The number of aryl methyl sites for hydroxylation is 1. The number of hydrogen-bond acceptors (Lipinski definition) is 9. The molecule has 1 fully saturated rings. The third kappa shape index (κ3) is 10.9. The fraction of sp³-hybridized carbons (Fsp3) is 0.450. The van der Waals surface area contributed by atoms with Crippen LogP contribution in [0.2, 0.25) is 0 Å². The second kappa shape index (κ2) is 12.9. The number of benzene rings is 1. The van der Waals surface area contributed by atoms with E-state index in [4.69, 9.17) is 14.0 Å². The number of morpholine rings is 1. The first-order chi connectivity index (χ1) is 15.6. The van der Waals surface area contributed by atoms with Gasteiger partial charge in [-0.25, -0.2) is 4.79 Å². The molecule has 13 heteroatoms. The van der Waals surface area contributed by atoms with Crippen LogP contribution in [-0.2, 0) is 14.9 Å². The summed E-state index contributed by atoms with van der Waals surface area (Å²) in [6.45, 7) is 5.73. The third-order valence-corrected chi connectivity index (χ3v) is 4.10. The van der Waals surface area contributed by atoms with E-state index in [2.05, 4.69) is 25.9 Å². The van der Waals surface area contributed by atoms with Gasteiger partial charge in [0.25, 0.3) is 10.1 Å². The summed E-state index contributed by atoms with van der Waals surface area (Å²) >= 11 is 0. The number of aromatic nitrogens is 2. The van der Waals surface area contributed by atoms with Gasteiger partial charge in [0.15, 0.2) is 0 Å². The predicted octanol–water partition coefficient (Wildman–Crippen LogP) is 1.37. The first kappa shape index (κ1) is 26.3. The Morgan fingerprint density at radius 2 is 1.91 bits per heavy atom. The monoisotopic (exact) mass is 482 g/mol. The second-order valence-electron chi connectivity index (χ2n) is 7.12. The van der Waals surface area contributed by atoms with Gasteiger partial charge in [-0.05, 0) is 31.7 Å². The molecule has 12 nitrogen and oxygen atoms in total. The fourth-order valence-corrected chi connectivity index (χ4v) is 2.71. The van der Waals surface area contributed by atoms with Crippen LogP contribution in [-0.4, -0.2) is 81.7 Å². The summed E-state index contributed by atoms with van der Waals surface area (Å²) in [4.78, 5) is 23.3. The molecule has 0 atom stereocenters. The lowest BCUT2D eigenvalue weighted by molar-refractivity contribution is 0.122. The quantitative estimate of drug-likeness (QED) is 0.336. The number of likely N-dealkylation sites (N-methyl/N-ethyl adjacent to an activating group) is 1. The van der Waals surface area contributed by atoms with Crippen molar-refractivity contribution in [1.29, 1.82) is 0 Å². The third-order valence-electron chi connectivity index (χ3n) is 4.10. The van der Waals surface area contributed by atoms with Crippen molar-refractivity contribution in [3.8, 4) is 5.88 Å². The molecule has 1 aliphatic rings. The summed E-state index contributed by atoms with van der Waals surface area (Å²) in [5, 5.41) is 8.59. The maximum absolute atomic E-state index is 12.4. The number of anilines is 3. The van der Waals surface area contributed by atoms with Crippen molar-refractivity contribution in [2.75, 3.05) is 68.3 Å². The Morgan fingerprint density at radius 3 is 2.55 bits per heavy atom. The van der Waals surface area contributed by atoms with Crippen LogP contribution in [0.25, 0.3) is 0 Å². The largest absolute Gasteiger partial charge is 0.476 e. The maximum atomic E-state index is 12.4. The van der Waals surface area contributed by atoms with Crippen molar-refractivity contribution in [3.05, 3.63) is 35.9 Å². The predicted molar refractivity (Wildman–Crippen MR) is 126 cm³/mol. The van der Waals surface area contributed by atoms with Crippen LogP contribution in [0.15, 0.2) is 30.3 Å². The highest BCUT2D eigenvalue weighted by Crippen LogP contribution is 2.20. The molecule has 0 saturated carbocycles. The topological polar surface area (TPSA) is 155 Å².